The highest BCUT2D eigenvalue weighted by Gasteiger charge is 2.12. The van der Waals surface area contributed by atoms with Gasteiger partial charge in [0.05, 0.1) is 6.04 Å². The molecule has 0 aliphatic rings. The molecule has 20 heavy (non-hydrogen) atoms. The van der Waals surface area contributed by atoms with Crippen molar-refractivity contribution in [3.63, 3.8) is 0 Å². The minimum Gasteiger partial charge on any atom is -0.357 e. The van der Waals surface area contributed by atoms with Crippen LogP contribution in [0.2, 0.25) is 0 Å². The van der Waals surface area contributed by atoms with Gasteiger partial charge in [-0.25, -0.2) is 5.48 Å². The molecule has 6 nitrogen and oxygen atoms in total. The number of hydrogen-bond acceptors (Lipinski definition) is 3. The molecular weight excluding hydrogens is 258 g/mol. The fourth-order valence-electron chi connectivity index (χ4n) is 1.82. The lowest BCUT2D eigenvalue weighted by molar-refractivity contribution is 0.0706. The molecule has 2 aromatic rings. The smallest absolute Gasteiger partial charge is 0.274 e. The SMILES string of the molecule is CC(NC(=O)c1ccc[nH]1)c1ccc(C(=O)NO)cc1. The lowest BCUT2D eigenvalue weighted by Crippen LogP contribution is -2.27. The molecule has 1 heterocycles. The first-order valence-corrected chi connectivity index (χ1v) is 6.10. The highest BCUT2D eigenvalue weighted by Crippen LogP contribution is 2.14. The molecule has 1 atom stereocenters. The second-order valence-electron chi connectivity index (χ2n) is 4.34. The van der Waals surface area contributed by atoms with Crippen LogP contribution in [0.25, 0.3) is 0 Å². The zero-order chi connectivity index (χ0) is 14.5. The van der Waals surface area contributed by atoms with Crippen molar-refractivity contribution in [2.24, 2.45) is 0 Å². The average Bonchev–Trinajstić information content (AvgIpc) is 3.01. The van der Waals surface area contributed by atoms with Crippen molar-refractivity contribution in [1.82, 2.24) is 15.8 Å². The van der Waals surface area contributed by atoms with E-state index in [0.29, 0.717) is 11.3 Å². The molecule has 1 aromatic heterocycles. The molecule has 4 N–H and O–H groups in total. The lowest BCUT2D eigenvalue weighted by Gasteiger charge is -2.14. The molecule has 0 bridgehead atoms. The van der Waals surface area contributed by atoms with Crippen LogP contribution in [0.15, 0.2) is 42.6 Å². The van der Waals surface area contributed by atoms with Crippen LogP contribution in [0.1, 0.15) is 39.4 Å². The van der Waals surface area contributed by atoms with E-state index in [-0.39, 0.29) is 11.9 Å². The van der Waals surface area contributed by atoms with Crippen molar-refractivity contribution in [3.05, 3.63) is 59.4 Å². The number of nitrogens with one attached hydrogen (secondary N) is 3. The van der Waals surface area contributed by atoms with Gasteiger partial charge in [0.15, 0.2) is 0 Å². The Hall–Kier alpha value is -2.60. The van der Waals surface area contributed by atoms with E-state index < -0.39 is 5.91 Å². The number of carbonyl (C=O) groups is 2. The first kappa shape index (κ1) is 13.8. The van der Waals surface area contributed by atoms with Gasteiger partial charge in [-0.05, 0) is 36.8 Å². The summed E-state index contributed by atoms with van der Waals surface area (Å²) in [6.07, 6.45) is 1.68. The van der Waals surface area contributed by atoms with Gasteiger partial charge < -0.3 is 10.3 Å². The fraction of sp³-hybridized carbons (Fsp3) is 0.143. The molecular formula is C14H15N3O3. The van der Waals surface area contributed by atoms with Crippen LogP contribution in [0, 0.1) is 0 Å². The quantitative estimate of drug-likeness (QED) is 0.503. The summed E-state index contributed by atoms with van der Waals surface area (Å²) in [7, 11) is 0. The van der Waals surface area contributed by atoms with Crippen LogP contribution >= 0.6 is 0 Å². The third kappa shape index (κ3) is 3.04. The van der Waals surface area contributed by atoms with Gasteiger partial charge >= 0.3 is 0 Å². The molecule has 1 unspecified atom stereocenters. The Balaban J connectivity index is 2.04. The Morgan fingerprint density at radius 1 is 1.15 bits per heavy atom. The number of rotatable bonds is 4. The number of hydrogen-bond donors (Lipinski definition) is 4. The lowest BCUT2D eigenvalue weighted by atomic mass is 10.1. The molecule has 0 radical (unpaired) electrons. The summed E-state index contributed by atoms with van der Waals surface area (Å²) < 4.78 is 0. The van der Waals surface area contributed by atoms with Crippen LogP contribution in [0.4, 0.5) is 0 Å². The number of H-pyrrole nitrogens is 1. The third-order valence-electron chi connectivity index (χ3n) is 2.96. The zero-order valence-electron chi connectivity index (χ0n) is 10.9. The third-order valence-corrected chi connectivity index (χ3v) is 2.96. The maximum atomic E-state index is 11.9. The molecule has 0 aliphatic heterocycles. The molecule has 6 heteroatoms. The van der Waals surface area contributed by atoms with E-state index in [9.17, 15) is 9.59 Å². The van der Waals surface area contributed by atoms with Crippen LogP contribution in [0.3, 0.4) is 0 Å². The molecule has 1 aromatic carbocycles. The van der Waals surface area contributed by atoms with Gasteiger partial charge in [0.2, 0.25) is 0 Å². The molecule has 0 spiro atoms. The Labute approximate surface area is 115 Å². The number of benzene rings is 1. The molecule has 2 amide bonds. The van der Waals surface area contributed by atoms with Gasteiger partial charge in [0.25, 0.3) is 11.8 Å². The maximum Gasteiger partial charge on any atom is 0.274 e. The van der Waals surface area contributed by atoms with E-state index >= 15 is 0 Å². The average molecular weight is 273 g/mol. The monoisotopic (exact) mass is 273 g/mol. The first-order valence-electron chi connectivity index (χ1n) is 6.10. The van der Waals surface area contributed by atoms with E-state index in [1.54, 1.807) is 48.1 Å². The number of hydroxylamine groups is 1. The number of aromatic nitrogens is 1. The van der Waals surface area contributed by atoms with E-state index in [0.717, 1.165) is 5.56 Å². The minimum atomic E-state index is -0.570. The minimum absolute atomic E-state index is 0.195. The highest BCUT2D eigenvalue weighted by atomic mass is 16.5. The summed E-state index contributed by atoms with van der Waals surface area (Å²) in [5.74, 6) is -0.765. The normalized spacial score (nSPS) is 11.7. The van der Waals surface area contributed by atoms with Crippen molar-refractivity contribution in [2.75, 3.05) is 0 Å². The zero-order valence-corrected chi connectivity index (χ0v) is 10.9. The number of amides is 2. The van der Waals surface area contributed by atoms with Gasteiger partial charge in [0.1, 0.15) is 5.69 Å². The van der Waals surface area contributed by atoms with Gasteiger partial charge in [0, 0.05) is 11.8 Å². The summed E-state index contributed by atoms with van der Waals surface area (Å²) in [6, 6.07) is 9.86. The van der Waals surface area contributed by atoms with Crippen molar-refractivity contribution in [3.8, 4) is 0 Å². The number of carbonyl (C=O) groups excluding carboxylic acids is 2. The first-order chi connectivity index (χ1) is 9.61. The van der Waals surface area contributed by atoms with E-state index in [4.69, 9.17) is 5.21 Å². The van der Waals surface area contributed by atoms with Gasteiger partial charge in [-0.15, -0.1) is 0 Å². The summed E-state index contributed by atoms with van der Waals surface area (Å²) in [5, 5.41) is 11.4. The summed E-state index contributed by atoms with van der Waals surface area (Å²) >= 11 is 0. The van der Waals surface area contributed by atoms with Gasteiger partial charge in [-0.1, -0.05) is 12.1 Å². The van der Waals surface area contributed by atoms with Crippen LogP contribution in [0.5, 0.6) is 0 Å². The summed E-state index contributed by atoms with van der Waals surface area (Å²) in [5.41, 5.74) is 3.27. The fourth-order valence-corrected chi connectivity index (χ4v) is 1.82. The van der Waals surface area contributed by atoms with Crippen LogP contribution in [-0.4, -0.2) is 22.0 Å². The van der Waals surface area contributed by atoms with Gasteiger partial charge in [-0.3, -0.25) is 14.8 Å². The van der Waals surface area contributed by atoms with Gasteiger partial charge in [-0.2, -0.15) is 0 Å². The predicted octanol–water partition coefficient (Wildman–Crippen LogP) is 1.62. The molecule has 0 fully saturated rings. The van der Waals surface area contributed by atoms with Crippen molar-refractivity contribution >= 4 is 11.8 Å². The number of aromatic amines is 1. The molecule has 104 valence electrons. The summed E-state index contributed by atoms with van der Waals surface area (Å²) in [6.45, 7) is 1.85. The Bertz CT molecular complexity index is 591. The topological polar surface area (TPSA) is 94.2 Å². The molecule has 0 saturated carbocycles. The largest absolute Gasteiger partial charge is 0.357 e. The van der Waals surface area contributed by atoms with Crippen molar-refractivity contribution in [1.29, 1.82) is 0 Å². The van der Waals surface area contributed by atoms with E-state index in [2.05, 4.69) is 10.3 Å². The second-order valence-corrected chi connectivity index (χ2v) is 4.34. The Morgan fingerprint density at radius 2 is 1.85 bits per heavy atom. The summed E-state index contributed by atoms with van der Waals surface area (Å²) in [4.78, 5) is 25.9. The van der Waals surface area contributed by atoms with Crippen LogP contribution < -0.4 is 10.8 Å². The van der Waals surface area contributed by atoms with E-state index in [1.807, 2.05) is 6.92 Å². The Morgan fingerprint density at radius 3 is 2.40 bits per heavy atom. The van der Waals surface area contributed by atoms with Crippen molar-refractivity contribution in [2.45, 2.75) is 13.0 Å². The molecule has 0 aliphatic carbocycles. The maximum absolute atomic E-state index is 11.9. The van der Waals surface area contributed by atoms with Crippen molar-refractivity contribution < 1.29 is 14.8 Å². The van der Waals surface area contributed by atoms with E-state index in [1.165, 1.54) is 0 Å². The van der Waals surface area contributed by atoms with Crippen LogP contribution in [-0.2, 0) is 0 Å². The Kier molecular flexibility index (Phi) is 4.17. The molecule has 2 rings (SSSR count). The molecule has 0 saturated heterocycles. The second kappa shape index (κ2) is 6.03. The highest BCUT2D eigenvalue weighted by molar-refractivity contribution is 5.93. The predicted molar refractivity (Wildman–Crippen MR) is 72.4 cm³/mol. The standard InChI is InChI=1S/C14H15N3O3/c1-9(16-14(19)12-3-2-8-15-12)10-4-6-11(7-5-10)13(18)17-20/h2-9,15,20H,1H3,(H,16,19)(H,17,18).